The number of anilines is 1. The molecule has 1 radical (unpaired) electrons. The van der Waals surface area contributed by atoms with E-state index in [-0.39, 0.29) is 0 Å². The van der Waals surface area contributed by atoms with Gasteiger partial charge in [-0.25, -0.2) is 0 Å². The van der Waals surface area contributed by atoms with Crippen LogP contribution in [0, 0.1) is 0 Å². The number of nitrogens with zero attached hydrogens (tertiary/aromatic N) is 1. The van der Waals surface area contributed by atoms with Gasteiger partial charge in [-0.2, -0.15) is 11.3 Å². The first-order valence-corrected chi connectivity index (χ1v) is 4.50. The molecular weight excluding hydrogens is 158 g/mol. The lowest BCUT2D eigenvalue weighted by atomic mass is 10.4. The lowest BCUT2D eigenvalue weighted by molar-refractivity contribution is 0.550. The number of hydrogen-bond donors (Lipinski definition) is 0. The summed E-state index contributed by atoms with van der Waals surface area (Å²) in [5.41, 5.74) is 0.951. The highest BCUT2D eigenvalue weighted by atomic mass is 32.1. The van der Waals surface area contributed by atoms with Gasteiger partial charge in [0.1, 0.15) is 0 Å². The molecule has 0 saturated carbocycles. The smallest absolute Gasteiger partial charge is 0.303 e. The molecular formula is C8H10NOS. The van der Waals surface area contributed by atoms with E-state index in [1.54, 1.807) is 16.2 Å². The van der Waals surface area contributed by atoms with Crippen LogP contribution in [-0.4, -0.2) is 13.0 Å². The van der Waals surface area contributed by atoms with Crippen molar-refractivity contribution in [2.24, 2.45) is 0 Å². The molecule has 1 aromatic heterocycles. The average Bonchev–Trinajstić information content (AvgIpc) is 2.52. The van der Waals surface area contributed by atoms with Crippen LogP contribution >= 0.6 is 11.3 Å². The second-order valence-electron chi connectivity index (χ2n) is 2.22. The van der Waals surface area contributed by atoms with Gasteiger partial charge in [0, 0.05) is 11.9 Å². The highest BCUT2D eigenvalue weighted by molar-refractivity contribution is 7.08. The Morgan fingerprint density at radius 1 is 1.73 bits per heavy atom. The van der Waals surface area contributed by atoms with Crippen LogP contribution in [0.4, 0.5) is 5.69 Å². The van der Waals surface area contributed by atoms with Gasteiger partial charge in [-0.15, -0.1) is 0 Å². The Labute approximate surface area is 70.5 Å². The van der Waals surface area contributed by atoms with Crippen molar-refractivity contribution in [3.63, 3.8) is 0 Å². The summed E-state index contributed by atoms with van der Waals surface area (Å²) in [6.45, 7) is 2.79. The van der Waals surface area contributed by atoms with Crippen LogP contribution in [0.2, 0.25) is 0 Å². The summed E-state index contributed by atoms with van der Waals surface area (Å²) in [4.78, 5) is 12.0. The first-order valence-electron chi connectivity index (χ1n) is 3.56. The summed E-state index contributed by atoms with van der Waals surface area (Å²) in [5, 5.41) is 3.90. The molecule has 0 unspecified atom stereocenters. The first kappa shape index (κ1) is 8.27. The Morgan fingerprint density at radius 2 is 2.55 bits per heavy atom. The van der Waals surface area contributed by atoms with Crippen molar-refractivity contribution >= 4 is 23.4 Å². The van der Waals surface area contributed by atoms with E-state index in [2.05, 4.69) is 0 Å². The highest BCUT2D eigenvalue weighted by Gasteiger charge is 2.03. The third kappa shape index (κ3) is 2.05. The second kappa shape index (κ2) is 4.13. The fourth-order valence-corrected chi connectivity index (χ4v) is 1.50. The highest BCUT2D eigenvalue weighted by Crippen LogP contribution is 2.16. The SMILES string of the molecule is CCCN([C]=O)c1ccsc1. The number of rotatable bonds is 4. The van der Waals surface area contributed by atoms with Crippen LogP contribution in [0.5, 0.6) is 0 Å². The van der Waals surface area contributed by atoms with Gasteiger partial charge in [0.15, 0.2) is 0 Å². The second-order valence-corrected chi connectivity index (χ2v) is 3.00. The van der Waals surface area contributed by atoms with E-state index < -0.39 is 0 Å². The zero-order chi connectivity index (χ0) is 8.10. The molecule has 11 heavy (non-hydrogen) atoms. The summed E-state index contributed by atoms with van der Waals surface area (Å²) in [7, 11) is 0. The van der Waals surface area contributed by atoms with Crippen molar-refractivity contribution in [2.45, 2.75) is 13.3 Å². The third-order valence-electron chi connectivity index (χ3n) is 1.38. The Morgan fingerprint density at radius 3 is 3.00 bits per heavy atom. The molecule has 2 nitrogen and oxygen atoms in total. The summed E-state index contributed by atoms with van der Waals surface area (Å²) >= 11 is 1.59. The number of thiophene rings is 1. The molecule has 1 rings (SSSR count). The van der Waals surface area contributed by atoms with Crippen molar-refractivity contribution in [2.75, 3.05) is 11.4 Å². The summed E-state index contributed by atoms with van der Waals surface area (Å²) in [6.07, 6.45) is 2.86. The fraction of sp³-hybridized carbons (Fsp3) is 0.375. The lowest BCUT2D eigenvalue weighted by Crippen LogP contribution is -2.20. The molecule has 0 N–H and O–H groups in total. The van der Waals surface area contributed by atoms with Gasteiger partial charge in [0.05, 0.1) is 5.69 Å². The molecule has 1 amide bonds. The van der Waals surface area contributed by atoms with E-state index in [9.17, 15) is 4.79 Å². The van der Waals surface area contributed by atoms with E-state index >= 15 is 0 Å². The predicted octanol–water partition coefficient (Wildman–Crippen LogP) is 2.03. The van der Waals surface area contributed by atoms with Crippen LogP contribution in [0.3, 0.4) is 0 Å². The van der Waals surface area contributed by atoms with E-state index in [0.717, 1.165) is 18.7 Å². The van der Waals surface area contributed by atoms with Crippen molar-refractivity contribution < 1.29 is 4.79 Å². The zero-order valence-corrected chi connectivity index (χ0v) is 7.23. The van der Waals surface area contributed by atoms with Crippen molar-refractivity contribution in [1.29, 1.82) is 0 Å². The molecule has 0 atom stereocenters. The molecule has 0 aliphatic carbocycles. The maximum Gasteiger partial charge on any atom is 0.316 e. The molecule has 0 aliphatic heterocycles. The van der Waals surface area contributed by atoms with Gasteiger partial charge in [-0.05, 0) is 17.9 Å². The van der Waals surface area contributed by atoms with Crippen molar-refractivity contribution in [3.8, 4) is 0 Å². The van der Waals surface area contributed by atoms with Gasteiger partial charge < -0.3 is 4.90 Å². The fourth-order valence-electron chi connectivity index (χ4n) is 0.862. The minimum Gasteiger partial charge on any atom is -0.303 e. The molecule has 1 aromatic rings. The Hall–Kier alpha value is -0.830. The lowest BCUT2D eigenvalue weighted by Gasteiger charge is -2.11. The minimum atomic E-state index is 0.750. The summed E-state index contributed by atoms with van der Waals surface area (Å²) in [6, 6.07) is 1.92. The predicted molar refractivity (Wildman–Crippen MR) is 47.6 cm³/mol. The van der Waals surface area contributed by atoms with E-state index in [0.29, 0.717) is 0 Å². The monoisotopic (exact) mass is 168 g/mol. The van der Waals surface area contributed by atoms with Crippen LogP contribution in [0.15, 0.2) is 16.8 Å². The van der Waals surface area contributed by atoms with Crippen LogP contribution in [-0.2, 0) is 4.79 Å². The molecule has 0 aliphatic rings. The molecule has 0 fully saturated rings. The maximum absolute atomic E-state index is 10.4. The Balaban J connectivity index is 2.63. The van der Waals surface area contributed by atoms with Gasteiger partial charge in [-0.3, -0.25) is 4.79 Å². The van der Waals surface area contributed by atoms with Gasteiger partial charge in [0.2, 0.25) is 0 Å². The normalized spacial score (nSPS) is 9.55. The average molecular weight is 168 g/mol. The number of hydrogen-bond acceptors (Lipinski definition) is 2. The number of amides is 1. The van der Waals surface area contributed by atoms with Crippen molar-refractivity contribution in [3.05, 3.63) is 16.8 Å². The van der Waals surface area contributed by atoms with E-state index in [4.69, 9.17) is 0 Å². The third-order valence-corrected chi connectivity index (χ3v) is 2.05. The van der Waals surface area contributed by atoms with Crippen LogP contribution < -0.4 is 4.90 Å². The summed E-state index contributed by atoms with van der Waals surface area (Å²) in [5.74, 6) is 0. The largest absolute Gasteiger partial charge is 0.316 e. The van der Waals surface area contributed by atoms with Gasteiger partial charge in [0.25, 0.3) is 0 Å². The van der Waals surface area contributed by atoms with Crippen molar-refractivity contribution in [1.82, 2.24) is 0 Å². The Bertz CT molecular complexity index is 208. The topological polar surface area (TPSA) is 20.3 Å². The summed E-state index contributed by atoms with van der Waals surface area (Å²) < 4.78 is 0. The molecule has 0 spiro atoms. The molecule has 59 valence electrons. The van der Waals surface area contributed by atoms with Crippen LogP contribution in [0.1, 0.15) is 13.3 Å². The molecule has 1 heterocycles. The molecule has 0 saturated heterocycles. The number of carbonyl (C=O) groups excluding carboxylic acids is 1. The zero-order valence-electron chi connectivity index (χ0n) is 6.41. The van der Waals surface area contributed by atoms with E-state index in [1.165, 1.54) is 0 Å². The minimum absolute atomic E-state index is 0.750. The Kier molecular flexibility index (Phi) is 3.11. The first-order chi connectivity index (χ1) is 5.38. The quantitative estimate of drug-likeness (QED) is 0.630. The van der Waals surface area contributed by atoms with Gasteiger partial charge in [-0.1, -0.05) is 6.92 Å². The standard InChI is InChI=1S/C8H10NOS/c1-2-4-9(7-10)8-3-5-11-6-8/h3,5-6H,2,4H2,1H3. The maximum atomic E-state index is 10.4. The van der Waals surface area contributed by atoms with E-state index in [1.807, 2.05) is 30.2 Å². The van der Waals surface area contributed by atoms with Crippen LogP contribution in [0.25, 0.3) is 0 Å². The molecule has 0 bridgehead atoms. The van der Waals surface area contributed by atoms with Gasteiger partial charge >= 0.3 is 6.41 Å². The molecule has 3 heteroatoms. The molecule has 0 aromatic carbocycles.